The van der Waals surface area contributed by atoms with Crippen LogP contribution in [0.15, 0.2) is 35.7 Å². The largest absolute Gasteiger partial charge is 0.321 e. The lowest BCUT2D eigenvalue weighted by atomic mass is 10.2. The van der Waals surface area contributed by atoms with E-state index in [9.17, 15) is 9.18 Å². The van der Waals surface area contributed by atoms with E-state index in [0.29, 0.717) is 16.1 Å². The van der Waals surface area contributed by atoms with E-state index in [1.807, 2.05) is 0 Å². The third-order valence-corrected chi connectivity index (χ3v) is 3.19. The van der Waals surface area contributed by atoms with Crippen LogP contribution in [0.2, 0.25) is 0 Å². The van der Waals surface area contributed by atoms with Crippen LogP contribution >= 0.6 is 11.3 Å². The van der Waals surface area contributed by atoms with Crippen molar-refractivity contribution in [1.82, 2.24) is 0 Å². The van der Waals surface area contributed by atoms with Crippen molar-refractivity contribution in [1.29, 1.82) is 0 Å². The minimum absolute atomic E-state index is 0.237. The van der Waals surface area contributed by atoms with Crippen LogP contribution in [0.4, 0.5) is 10.1 Å². The van der Waals surface area contributed by atoms with Gasteiger partial charge < -0.3 is 11.1 Å². The molecule has 0 aliphatic rings. The highest BCUT2D eigenvalue weighted by Gasteiger charge is 2.12. The number of carbonyl (C=O) groups excluding carboxylic acids is 1. The van der Waals surface area contributed by atoms with E-state index < -0.39 is 5.82 Å². The van der Waals surface area contributed by atoms with Crippen LogP contribution in [0, 0.1) is 17.7 Å². The van der Waals surface area contributed by atoms with Crippen LogP contribution < -0.4 is 11.1 Å². The quantitative estimate of drug-likeness (QED) is 0.826. The first-order chi connectivity index (χ1) is 9.20. The molecule has 0 fully saturated rings. The molecule has 1 aromatic carbocycles. The van der Waals surface area contributed by atoms with Crippen LogP contribution in [-0.2, 0) is 0 Å². The van der Waals surface area contributed by atoms with E-state index in [1.54, 1.807) is 17.5 Å². The number of nitrogens with one attached hydrogen (secondary N) is 1. The number of benzene rings is 1. The number of rotatable bonds is 2. The number of hydrogen-bond donors (Lipinski definition) is 2. The van der Waals surface area contributed by atoms with Crippen molar-refractivity contribution in [3.63, 3.8) is 0 Å². The van der Waals surface area contributed by atoms with Gasteiger partial charge in [0.1, 0.15) is 10.7 Å². The minimum atomic E-state index is -0.396. The first kappa shape index (κ1) is 13.3. The molecular weight excluding hydrogens is 263 g/mol. The van der Waals surface area contributed by atoms with Crippen molar-refractivity contribution >= 4 is 22.9 Å². The molecule has 0 aliphatic heterocycles. The normalized spacial score (nSPS) is 9.58. The molecule has 1 aromatic heterocycles. The van der Waals surface area contributed by atoms with Crippen molar-refractivity contribution in [2.24, 2.45) is 5.73 Å². The van der Waals surface area contributed by atoms with Crippen molar-refractivity contribution in [2.45, 2.75) is 0 Å². The van der Waals surface area contributed by atoms with E-state index >= 15 is 0 Å². The zero-order valence-corrected chi connectivity index (χ0v) is 10.8. The number of hydrogen-bond acceptors (Lipinski definition) is 3. The van der Waals surface area contributed by atoms with Crippen molar-refractivity contribution in [3.8, 4) is 11.8 Å². The monoisotopic (exact) mass is 274 g/mol. The first-order valence-electron chi connectivity index (χ1n) is 5.54. The smallest absolute Gasteiger partial charge is 0.267 e. The number of amides is 1. The van der Waals surface area contributed by atoms with Gasteiger partial charge in [0, 0.05) is 11.3 Å². The Bertz CT molecular complexity index is 655. The molecule has 2 rings (SSSR count). The summed E-state index contributed by atoms with van der Waals surface area (Å²) in [4.78, 5) is 12.5. The third-order valence-electron chi connectivity index (χ3n) is 2.28. The summed E-state index contributed by atoms with van der Waals surface area (Å²) >= 11 is 1.28. The van der Waals surface area contributed by atoms with Gasteiger partial charge in [0.05, 0.1) is 6.54 Å². The Balaban J connectivity index is 2.19. The van der Waals surface area contributed by atoms with E-state index in [0.717, 1.165) is 0 Å². The van der Waals surface area contributed by atoms with Gasteiger partial charge in [0.25, 0.3) is 5.91 Å². The summed E-state index contributed by atoms with van der Waals surface area (Å²) in [7, 11) is 0. The number of halogens is 1. The summed E-state index contributed by atoms with van der Waals surface area (Å²) in [5, 5.41) is 4.41. The van der Waals surface area contributed by atoms with Gasteiger partial charge in [-0.05, 0) is 29.6 Å². The van der Waals surface area contributed by atoms with Gasteiger partial charge >= 0.3 is 0 Å². The SMILES string of the molecule is NCC#Cc1ccsc1C(=O)Nc1cccc(F)c1. The summed E-state index contributed by atoms with van der Waals surface area (Å²) in [5.41, 5.74) is 6.34. The highest BCUT2D eigenvalue weighted by atomic mass is 32.1. The lowest BCUT2D eigenvalue weighted by Gasteiger charge is -2.03. The maximum absolute atomic E-state index is 13.0. The molecule has 0 saturated carbocycles. The minimum Gasteiger partial charge on any atom is -0.321 e. The Morgan fingerprint density at radius 1 is 1.42 bits per heavy atom. The van der Waals surface area contributed by atoms with Gasteiger partial charge in [-0.3, -0.25) is 4.79 Å². The second kappa shape index (κ2) is 6.14. The van der Waals surface area contributed by atoms with E-state index in [1.165, 1.54) is 29.5 Å². The van der Waals surface area contributed by atoms with Crippen LogP contribution in [0.25, 0.3) is 0 Å². The van der Waals surface area contributed by atoms with Crippen molar-refractivity contribution in [3.05, 3.63) is 52.0 Å². The zero-order valence-electron chi connectivity index (χ0n) is 9.94. The number of thiophene rings is 1. The molecule has 19 heavy (non-hydrogen) atoms. The molecule has 1 heterocycles. The van der Waals surface area contributed by atoms with E-state index in [-0.39, 0.29) is 12.5 Å². The van der Waals surface area contributed by atoms with Gasteiger partial charge in [-0.2, -0.15) is 0 Å². The second-order valence-electron chi connectivity index (χ2n) is 3.63. The summed E-state index contributed by atoms with van der Waals surface area (Å²) in [5.74, 6) is 4.83. The van der Waals surface area contributed by atoms with E-state index in [4.69, 9.17) is 5.73 Å². The summed E-state index contributed by atoms with van der Waals surface area (Å²) in [6, 6.07) is 7.50. The highest BCUT2D eigenvalue weighted by molar-refractivity contribution is 7.12. The van der Waals surface area contributed by atoms with Crippen LogP contribution in [-0.4, -0.2) is 12.5 Å². The number of nitrogens with two attached hydrogens (primary N) is 1. The average molecular weight is 274 g/mol. The molecule has 3 N–H and O–H groups in total. The maximum atomic E-state index is 13.0. The first-order valence-corrected chi connectivity index (χ1v) is 6.42. The molecule has 2 aromatic rings. The van der Waals surface area contributed by atoms with Gasteiger partial charge in [0.2, 0.25) is 0 Å². The summed E-state index contributed by atoms with van der Waals surface area (Å²) < 4.78 is 13.0. The maximum Gasteiger partial charge on any atom is 0.267 e. The molecule has 0 aliphatic carbocycles. The summed E-state index contributed by atoms with van der Waals surface area (Å²) in [6.45, 7) is 0.237. The molecule has 5 heteroatoms. The standard InChI is InChI=1S/C14H11FN2OS/c15-11-4-1-5-12(9-11)17-14(18)13-10(3-2-7-16)6-8-19-13/h1,4-6,8-9H,7,16H2,(H,17,18). The van der Waals surface area contributed by atoms with Crippen LogP contribution in [0.5, 0.6) is 0 Å². The summed E-state index contributed by atoms with van der Waals surface area (Å²) in [6.07, 6.45) is 0. The topological polar surface area (TPSA) is 55.1 Å². The Kier molecular flexibility index (Phi) is 4.29. The zero-order chi connectivity index (χ0) is 13.7. The van der Waals surface area contributed by atoms with Gasteiger partial charge in [-0.15, -0.1) is 11.3 Å². The predicted molar refractivity (Wildman–Crippen MR) is 74.6 cm³/mol. The molecular formula is C14H11FN2OS. The fourth-order valence-electron chi connectivity index (χ4n) is 1.48. The average Bonchev–Trinajstić information content (AvgIpc) is 2.84. The van der Waals surface area contributed by atoms with Crippen LogP contribution in [0.1, 0.15) is 15.2 Å². The number of anilines is 1. The Morgan fingerprint density at radius 2 is 2.26 bits per heavy atom. The fourth-order valence-corrected chi connectivity index (χ4v) is 2.23. The van der Waals surface area contributed by atoms with Crippen molar-refractivity contribution in [2.75, 3.05) is 11.9 Å². The lowest BCUT2D eigenvalue weighted by Crippen LogP contribution is -2.11. The molecule has 96 valence electrons. The van der Waals surface area contributed by atoms with Crippen molar-refractivity contribution < 1.29 is 9.18 Å². The fraction of sp³-hybridized carbons (Fsp3) is 0.0714. The van der Waals surface area contributed by atoms with E-state index in [2.05, 4.69) is 17.2 Å². The van der Waals surface area contributed by atoms with Gasteiger partial charge in [-0.25, -0.2) is 4.39 Å². The molecule has 0 bridgehead atoms. The second-order valence-corrected chi connectivity index (χ2v) is 4.55. The Hall–Kier alpha value is -2.16. The molecule has 3 nitrogen and oxygen atoms in total. The lowest BCUT2D eigenvalue weighted by molar-refractivity contribution is 0.103. The molecule has 0 unspecified atom stereocenters. The van der Waals surface area contributed by atoms with Crippen LogP contribution in [0.3, 0.4) is 0 Å². The number of carbonyl (C=O) groups is 1. The Morgan fingerprint density at radius 3 is 3.00 bits per heavy atom. The molecule has 0 spiro atoms. The highest BCUT2D eigenvalue weighted by Crippen LogP contribution is 2.18. The molecule has 1 amide bonds. The predicted octanol–water partition coefficient (Wildman–Crippen LogP) is 2.45. The van der Waals surface area contributed by atoms with Gasteiger partial charge in [-0.1, -0.05) is 17.9 Å². The Labute approximate surface area is 114 Å². The molecule has 0 atom stereocenters. The molecule has 0 saturated heterocycles. The third kappa shape index (κ3) is 3.41. The molecule has 0 radical (unpaired) electrons. The van der Waals surface area contributed by atoms with Gasteiger partial charge in [0.15, 0.2) is 0 Å².